The van der Waals surface area contributed by atoms with Gasteiger partial charge in [-0.2, -0.15) is 0 Å². The summed E-state index contributed by atoms with van der Waals surface area (Å²) in [4.78, 5) is 14.7. The number of nitrogens with two attached hydrogens (primary N) is 1. The first-order valence-corrected chi connectivity index (χ1v) is 12.3. The van der Waals surface area contributed by atoms with Crippen molar-refractivity contribution in [3.8, 4) is 5.75 Å². The van der Waals surface area contributed by atoms with E-state index in [9.17, 15) is 4.79 Å². The van der Waals surface area contributed by atoms with Gasteiger partial charge >= 0.3 is 0 Å². The predicted octanol–water partition coefficient (Wildman–Crippen LogP) is 3.26. The van der Waals surface area contributed by atoms with Gasteiger partial charge in [0.15, 0.2) is 5.82 Å². The van der Waals surface area contributed by atoms with Crippen LogP contribution < -0.4 is 20.8 Å². The van der Waals surface area contributed by atoms with Gasteiger partial charge in [0.25, 0.3) is 0 Å². The summed E-state index contributed by atoms with van der Waals surface area (Å²) in [5.74, 6) is 7.81. The summed E-state index contributed by atoms with van der Waals surface area (Å²) >= 11 is 1.22. The van der Waals surface area contributed by atoms with Crippen LogP contribution in [0.25, 0.3) is 0 Å². The van der Waals surface area contributed by atoms with Crippen molar-refractivity contribution in [2.45, 2.75) is 31.5 Å². The fourth-order valence-electron chi connectivity index (χ4n) is 3.51. The van der Waals surface area contributed by atoms with Crippen molar-refractivity contribution in [2.75, 3.05) is 48.1 Å². The summed E-state index contributed by atoms with van der Waals surface area (Å²) in [7, 11) is 0. The number of amides is 1. The Hall–Kier alpha value is -3.24. The standard InChI is InChI=1S/C24H30N6O3S/c1-17(2)18-3-9-21(10-4-18)33-15-22-27-28-24(30(22)25)34-16-23(31)26-19-5-7-20(8-6-19)29-11-13-32-14-12-29/h3-10,17H,11-16,25H2,1-2H3,(H,26,31). The number of ether oxygens (including phenoxy) is 2. The maximum atomic E-state index is 12.4. The maximum absolute atomic E-state index is 12.4. The topological polar surface area (TPSA) is 108 Å². The summed E-state index contributed by atoms with van der Waals surface area (Å²) in [5, 5.41) is 11.5. The lowest BCUT2D eigenvalue weighted by Crippen LogP contribution is -2.36. The van der Waals surface area contributed by atoms with Crippen molar-refractivity contribution in [1.29, 1.82) is 0 Å². The summed E-state index contributed by atoms with van der Waals surface area (Å²) in [6, 6.07) is 15.8. The van der Waals surface area contributed by atoms with E-state index in [0.717, 1.165) is 43.4 Å². The Bertz CT molecular complexity index is 1080. The molecule has 9 nitrogen and oxygen atoms in total. The molecule has 0 atom stereocenters. The molecule has 3 N–H and O–H groups in total. The van der Waals surface area contributed by atoms with Crippen molar-refractivity contribution in [1.82, 2.24) is 14.9 Å². The molecule has 0 saturated carbocycles. The molecule has 34 heavy (non-hydrogen) atoms. The number of benzene rings is 2. The molecule has 1 amide bonds. The predicted molar refractivity (Wildman–Crippen MR) is 134 cm³/mol. The molecule has 0 unspecified atom stereocenters. The van der Waals surface area contributed by atoms with Gasteiger partial charge in [-0.1, -0.05) is 37.7 Å². The molecular weight excluding hydrogens is 452 g/mol. The number of thioether (sulfide) groups is 1. The van der Waals surface area contributed by atoms with E-state index in [-0.39, 0.29) is 18.3 Å². The first-order chi connectivity index (χ1) is 16.5. The van der Waals surface area contributed by atoms with E-state index in [1.807, 2.05) is 48.5 Å². The van der Waals surface area contributed by atoms with Crippen LogP contribution in [0.1, 0.15) is 31.2 Å². The molecule has 180 valence electrons. The number of carbonyl (C=O) groups is 1. The third-order valence-electron chi connectivity index (χ3n) is 5.51. The van der Waals surface area contributed by atoms with Crippen LogP contribution in [0.4, 0.5) is 11.4 Å². The van der Waals surface area contributed by atoms with Crippen LogP contribution in [0.2, 0.25) is 0 Å². The molecule has 1 aromatic heterocycles. The van der Waals surface area contributed by atoms with E-state index in [2.05, 4.69) is 34.3 Å². The molecular formula is C24H30N6O3S. The lowest BCUT2D eigenvalue weighted by Gasteiger charge is -2.28. The number of hydrogen-bond donors (Lipinski definition) is 2. The second-order valence-electron chi connectivity index (χ2n) is 8.26. The number of morpholine rings is 1. The number of hydrogen-bond acceptors (Lipinski definition) is 8. The maximum Gasteiger partial charge on any atom is 0.234 e. The normalized spacial score (nSPS) is 13.8. The number of nitrogens with one attached hydrogen (secondary N) is 1. The fraction of sp³-hybridized carbons (Fsp3) is 0.375. The third kappa shape index (κ3) is 6.21. The highest BCUT2D eigenvalue weighted by molar-refractivity contribution is 7.99. The van der Waals surface area contributed by atoms with Crippen molar-refractivity contribution < 1.29 is 14.3 Å². The van der Waals surface area contributed by atoms with E-state index in [0.29, 0.717) is 16.9 Å². The van der Waals surface area contributed by atoms with Gasteiger partial charge < -0.3 is 25.5 Å². The van der Waals surface area contributed by atoms with E-state index in [1.54, 1.807) is 0 Å². The minimum Gasteiger partial charge on any atom is -0.486 e. The van der Waals surface area contributed by atoms with Crippen LogP contribution in [-0.2, 0) is 16.1 Å². The van der Waals surface area contributed by atoms with Crippen LogP contribution in [-0.4, -0.2) is 52.8 Å². The zero-order valence-corrected chi connectivity index (χ0v) is 20.3. The van der Waals surface area contributed by atoms with Gasteiger partial charge in [-0.05, 0) is 47.9 Å². The smallest absolute Gasteiger partial charge is 0.234 e. The van der Waals surface area contributed by atoms with E-state index < -0.39 is 0 Å². The van der Waals surface area contributed by atoms with Crippen LogP contribution >= 0.6 is 11.8 Å². The zero-order valence-electron chi connectivity index (χ0n) is 19.4. The summed E-state index contributed by atoms with van der Waals surface area (Å²) in [6.07, 6.45) is 0. The Morgan fingerprint density at radius 1 is 1.12 bits per heavy atom. The lowest BCUT2D eigenvalue weighted by atomic mass is 10.0. The van der Waals surface area contributed by atoms with Crippen LogP contribution in [0, 0.1) is 0 Å². The third-order valence-corrected chi connectivity index (χ3v) is 6.45. The Morgan fingerprint density at radius 2 is 1.82 bits per heavy atom. The Kier molecular flexibility index (Phi) is 7.91. The van der Waals surface area contributed by atoms with E-state index in [4.69, 9.17) is 15.3 Å². The molecule has 1 aliphatic heterocycles. The lowest BCUT2D eigenvalue weighted by molar-refractivity contribution is -0.113. The fourth-order valence-corrected chi connectivity index (χ4v) is 4.18. The number of aromatic nitrogens is 3. The monoisotopic (exact) mass is 482 g/mol. The second kappa shape index (κ2) is 11.3. The average molecular weight is 483 g/mol. The molecule has 3 aromatic rings. The largest absolute Gasteiger partial charge is 0.486 e. The molecule has 0 aliphatic carbocycles. The Balaban J connectivity index is 1.24. The van der Waals surface area contributed by atoms with E-state index >= 15 is 0 Å². The minimum absolute atomic E-state index is 0.143. The summed E-state index contributed by atoms with van der Waals surface area (Å²) < 4.78 is 12.5. The number of nitrogens with zero attached hydrogens (tertiary/aromatic N) is 4. The first kappa shape index (κ1) is 23.9. The van der Waals surface area contributed by atoms with Gasteiger partial charge in [-0.15, -0.1) is 10.2 Å². The minimum atomic E-state index is -0.143. The van der Waals surface area contributed by atoms with Gasteiger partial charge in [0.05, 0.1) is 19.0 Å². The van der Waals surface area contributed by atoms with Crippen molar-refractivity contribution in [3.05, 3.63) is 59.9 Å². The van der Waals surface area contributed by atoms with Gasteiger partial charge in [-0.25, -0.2) is 4.68 Å². The van der Waals surface area contributed by atoms with Gasteiger partial charge in [0.2, 0.25) is 11.1 Å². The van der Waals surface area contributed by atoms with Crippen molar-refractivity contribution in [2.24, 2.45) is 0 Å². The SMILES string of the molecule is CC(C)c1ccc(OCc2nnc(SCC(=O)Nc3ccc(N4CCOCC4)cc3)n2N)cc1. The highest BCUT2D eigenvalue weighted by atomic mass is 32.2. The average Bonchev–Trinajstić information content (AvgIpc) is 3.22. The number of anilines is 2. The quantitative estimate of drug-likeness (QED) is 0.354. The number of rotatable bonds is 9. The Labute approximate surface area is 203 Å². The highest BCUT2D eigenvalue weighted by Gasteiger charge is 2.14. The zero-order chi connectivity index (χ0) is 23.9. The Morgan fingerprint density at radius 3 is 2.50 bits per heavy atom. The van der Waals surface area contributed by atoms with Crippen molar-refractivity contribution >= 4 is 29.0 Å². The summed E-state index contributed by atoms with van der Waals surface area (Å²) in [6.45, 7) is 7.70. The van der Waals surface area contributed by atoms with Crippen molar-refractivity contribution in [3.63, 3.8) is 0 Å². The number of carbonyl (C=O) groups excluding carboxylic acids is 1. The molecule has 1 fully saturated rings. The molecule has 10 heteroatoms. The second-order valence-corrected chi connectivity index (χ2v) is 9.21. The molecule has 1 saturated heterocycles. The molecule has 0 radical (unpaired) electrons. The number of nitrogen functional groups attached to an aromatic ring is 1. The molecule has 4 rings (SSSR count). The highest BCUT2D eigenvalue weighted by Crippen LogP contribution is 2.21. The first-order valence-electron chi connectivity index (χ1n) is 11.3. The molecule has 0 bridgehead atoms. The molecule has 0 spiro atoms. The molecule has 1 aliphatic rings. The molecule has 2 aromatic carbocycles. The van der Waals surface area contributed by atoms with Gasteiger partial charge in [0, 0.05) is 24.5 Å². The van der Waals surface area contributed by atoms with Gasteiger partial charge in [0.1, 0.15) is 12.4 Å². The van der Waals surface area contributed by atoms with Crippen LogP contribution in [0.3, 0.4) is 0 Å². The van der Waals surface area contributed by atoms with Gasteiger partial charge in [-0.3, -0.25) is 4.79 Å². The van der Waals surface area contributed by atoms with Crippen LogP contribution in [0.15, 0.2) is 53.7 Å². The van der Waals surface area contributed by atoms with Crippen LogP contribution in [0.5, 0.6) is 5.75 Å². The van der Waals surface area contributed by atoms with E-state index in [1.165, 1.54) is 22.0 Å². The summed E-state index contributed by atoms with van der Waals surface area (Å²) in [5.41, 5.74) is 3.12. The molecule has 2 heterocycles.